The summed E-state index contributed by atoms with van der Waals surface area (Å²) in [6, 6.07) is 3.86. The second-order valence-corrected chi connectivity index (χ2v) is 8.06. The van der Waals surface area contributed by atoms with Gasteiger partial charge in [0, 0.05) is 39.4 Å². The van der Waals surface area contributed by atoms with Crippen LogP contribution in [0, 0.1) is 0 Å². The fourth-order valence-corrected chi connectivity index (χ4v) is 4.28. The van der Waals surface area contributed by atoms with Crippen molar-refractivity contribution in [1.82, 2.24) is 9.88 Å². The Morgan fingerprint density at radius 3 is 2.25 bits per heavy atom. The largest absolute Gasteiger partial charge is 0.376 e. The molecule has 3 aliphatic heterocycles. The minimum Gasteiger partial charge on any atom is -0.376 e. The molecule has 0 spiro atoms. The van der Waals surface area contributed by atoms with Gasteiger partial charge in [0.15, 0.2) is 0 Å². The standard InChI is InChI=1S/C21H32N4O3/c26-21(23-17-8-9-20(22-14-17)24-10-2-1-3-11-24)25(15-18-6-4-12-27-18)16-19-7-5-13-28-19/h8-9,14,18-19H,1-7,10-13,15-16H2,(H,23,26)/t18-,19-/m0/s1. The summed E-state index contributed by atoms with van der Waals surface area (Å²) in [4.78, 5) is 21.7. The molecular weight excluding hydrogens is 356 g/mol. The Hall–Kier alpha value is -1.86. The second-order valence-electron chi connectivity index (χ2n) is 8.06. The summed E-state index contributed by atoms with van der Waals surface area (Å²) in [5.41, 5.74) is 0.732. The summed E-state index contributed by atoms with van der Waals surface area (Å²) in [5, 5.41) is 3.01. The summed E-state index contributed by atoms with van der Waals surface area (Å²) in [6.07, 6.45) is 9.95. The highest BCUT2D eigenvalue weighted by molar-refractivity contribution is 5.89. The van der Waals surface area contributed by atoms with Gasteiger partial charge in [-0.15, -0.1) is 0 Å². The van der Waals surface area contributed by atoms with Gasteiger partial charge in [-0.3, -0.25) is 0 Å². The molecule has 3 saturated heterocycles. The summed E-state index contributed by atoms with van der Waals surface area (Å²) in [7, 11) is 0. The van der Waals surface area contributed by atoms with Crippen molar-refractivity contribution in [3.63, 3.8) is 0 Å². The number of hydrogen-bond acceptors (Lipinski definition) is 5. The Kier molecular flexibility index (Phi) is 6.65. The number of ether oxygens (including phenoxy) is 2. The number of hydrogen-bond donors (Lipinski definition) is 1. The Labute approximate surface area is 167 Å². The highest BCUT2D eigenvalue weighted by Crippen LogP contribution is 2.21. The van der Waals surface area contributed by atoms with Gasteiger partial charge in [-0.2, -0.15) is 0 Å². The summed E-state index contributed by atoms with van der Waals surface area (Å²) < 4.78 is 11.5. The number of aromatic nitrogens is 1. The SMILES string of the molecule is O=C(Nc1ccc(N2CCCCC2)nc1)N(C[C@@H]1CCCO1)C[C@@H]1CCCO1. The van der Waals surface area contributed by atoms with Crippen LogP contribution in [0.3, 0.4) is 0 Å². The van der Waals surface area contributed by atoms with Crippen LogP contribution in [0.5, 0.6) is 0 Å². The number of nitrogens with zero attached hydrogens (tertiary/aromatic N) is 3. The highest BCUT2D eigenvalue weighted by atomic mass is 16.5. The predicted molar refractivity (Wildman–Crippen MR) is 109 cm³/mol. The van der Waals surface area contributed by atoms with Crippen LogP contribution >= 0.6 is 0 Å². The van der Waals surface area contributed by atoms with Crippen molar-refractivity contribution in [3.8, 4) is 0 Å². The van der Waals surface area contributed by atoms with Crippen molar-refractivity contribution in [2.24, 2.45) is 0 Å². The molecule has 3 aliphatic rings. The van der Waals surface area contributed by atoms with Crippen LogP contribution in [0.2, 0.25) is 0 Å². The number of anilines is 2. The lowest BCUT2D eigenvalue weighted by atomic mass is 10.1. The van der Waals surface area contributed by atoms with Crippen LogP contribution in [0.4, 0.5) is 16.3 Å². The number of carbonyl (C=O) groups excluding carboxylic acids is 1. The molecule has 4 rings (SSSR count). The minimum absolute atomic E-state index is 0.0986. The third-order valence-corrected chi connectivity index (χ3v) is 5.86. The molecule has 3 fully saturated rings. The van der Waals surface area contributed by atoms with E-state index in [2.05, 4.69) is 15.2 Å². The molecule has 0 bridgehead atoms. The number of pyridine rings is 1. The lowest BCUT2D eigenvalue weighted by Gasteiger charge is -2.29. The van der Waals surface area contributed by atoms with Gasteiger partial charge in [0.2, 0.25) is 0 Å². The van der Waals surface area contributed by atoms with E-state index in [1.807, 2.05) is 17.0 Å². The van der Waals surface area contributed by atoms with Crippen molar-refractivity contribution in [2.45, 2.75) is 57.2 Å². The van der Waals surface area contributed by atoms with Gasteiger partial charge in [-0.1, -0.05) is 0 Å². The predicted octanol–water partition coefficient (Wildman–Crippen LogP) is 3.26. The number of rotatable bonds is 6. The van der Waals surface area contributed by atoms with Crippen LogP contribution < -0.4 is 10.2 Å². The number of amides is 2. The fraction of sp³-hybridized carbons (Fsp3) is 0.714. The van der Waals surface area contributed by atoms with E-state index in [-0.39, 0.29) is 18.2 Å². The highest BCUT2D eigenvalue weighted by Gasteiger charge is 2.27. The Morgan fingerprint density at radius 1 is 1.04 bits per heavy atom. The first-order chi connectivity index (χ1) is 13.8. The monoisotopic (exact) mass is 388 g/mol. The van der Waals surface area contributed by atoms with Gasteiger partial charge in [0.05, 0.1) is 24.1 Å². The number of nitrogens with one attached hydrogen (secondary N) is 1. The minimum atomic E-state index is -0.0986. The first-order valence-electron chi connectivity index (χ1n) is 10.8. The van der Waals surface area contributed by atoms with Gasteiger partial charge >= 0.3 is 6.03 Å². The van der Waals surface area contributed by atoms with E-state index in [0.717, 1.165) is 63.5 Å². The van der Waals surface area contributed by atoms with E-state index in [9.17, 15) is 4.79 Å². The van der Waals surface area contributed by atoms with Gasteiger partial charge < -0.3 is 24.6 Å². The Bertz CT molecular complexity index is 603. The van der Waals surface area contributed by atoms with Gasteiger partial charge in [-0.05, 0) is 57.1 Å². The molecule has 4 heterocycles. The van der Waals surface area contributed by atoms with Gasteiger partial charge in [0.1, 0.15) is 5.82 Å². The first kappa shape index (κ1) is 19.5. The Morgan fingerprint density at radius 2 is 1.71 bits per heavy atom. The van der Waals surface area contributed by atoms with Gasteiger partial charge in [0.25, 0.3) is 0 Å². The van der Waals surface area contributed by atoms with E-state index in [0.29, 0.717) is 13.1 Å². The third-order valence-electron chi connectivity index (χ3n) is 5.86. The summed E-state index contributed by atoms with van der Waals surface area (Å²) in [5.74, 6) is 0.994. The molecule has 1 N–H and O–H groups in total. The zero-order chi connectivity index (χ0) is 19.2. The number of urea groups is 1. The molecule has 0 unspecified atom stereocenters. The molecule has 1 aromatic rings. The normalized spacial score (nSPS) is 25.1. The molecule has 0 aliphatic carbocycles. The average molecular weight is 389 g/mol. The molecule has 28 heavy (non-hydrogen) atoms. The van der Waals surface area contributed by atoms with E-state index in [1.54, 1.807) is 6.20 Å². The molecular formula is C21H32N4O3. The quantitative estimate of drug-likeness (QED) is 0.810. The molecule has 1 aromatic heterocycles. The lowest BCUT2D eigenvalue weighted by molar-refractivity contribution is 0.0524. The van der Waals surface area contributed by atoms with Crippen LogP contribution in [-0.4, -0.2) is 67.5 Å². The van der Waals surface area contributed by atoms with E-state index in [4.69, 9.17) is 9.47 Å². The van der Waals surface area contributed by atoms with Gasteiger partial charge in [-0.25, -0.2) is 9.78 Å². The van der Waals surface area contributed by atoms with Crippen LogP contribution in [0.1, 0.15) is 44.9 Å². The summed E-state index contributed by atoms with van der Waals surface area (Å²) >= 11 is 0. The first-order valence-corrected chi connectivity index (χ1v) is 10.8. The average Bonchev–Trinajstić information content (AvgIpc) is 3.43. The zero-order valence-electron chi connectivity index (χ0n) is 16.6. The summed E-state index contributed by atoms with van der Waals surface area (Å²) in [6.45, 7) is 4.95. The van der Waals surface area contributed by atoms with Crippen LogP contribution in [-0.2, 0) is 9.47 Å². The third kappa shape index (κ3) is 5.14. The maximum absolute atomic E-state index is 12.9. The van der Waals surface area contributed by atoms with Crippen molar-refractivity contribution in [1.29, 1.82) is 0 Å². The second kappa shape index (κ2) is 9.56. The number of piperidine rings is 1. The van der Waals surface area contributed by atoms with Crippen molar-refractivity contribution < 1.29 is 14.3 Å². The maximum atomic E-state index is 12.9. The topological polar surface area (TPSA) is 66.9 Å². The molecule has 0 radical (unpaired) electrons. The molecule has 2 atom stereocenters. The molecule has 0 aromatic carbocycles. The van der Waals surface area contributed by atoms with Crippen LogP contribution in [0.15, 0.2) is 18.3 Å². The molecule has 154 valence electrons. The maximum Gasteiger partial charge on any atom is 0.322 e. The fourth-order valence-electron chi connectivity index (χ4n) is 4.28. The molecule has 7 heteroatoms. The van der Waals surface area contributed by atoms with E-state index < -0.39 is 0 Å². The lowest BCUT2D eigenvalue weighted by Crippen LogP contribution is -2.44. The van der Waals surface area contributed by atoms with Crippen molar-refractivity contribution in [3.05, 3.63) is 18.3 Å². The van der Waals surface area contributed by atoms with Crippen molar-refractivity contribution >= 4 is 17.5 Å². The van der Waals surface area contributed by atoms with E-state index in [1.165, 1.54) is 19.3 Å². The molecule has 0 saturated carbocycles. The zero-order valence-corrected chi connectivity index (χ0v) is 16.6. The van der Waals surface area contributed by atoms with Crippen LogP contribution in [0.25, 0.3) is 0 Å². The smallest absolute Gasteiger partial charge is 0.322 e. The number of carbonyl (C=O) groups is 1. The Balaban J connectivity index is 1.36. The molecule has 2 amide bonds. The van der Waals surface area contributed by atoms with E-state index >= 15 is 0 Å². The molecule has 7 nitrogen and oxygen atoms in total. The van der Waals surface area contributed by atoms with Crippen molar-refractivity contribution in [2.75, 3.05) is 49.6 Å².